The summed E-state index contributed by atoms with van der Waals surface area (Å²) in [6.45, 7) is 0.663. The average molecular weight is 418 g/mol. The maximum atomic E-state index is 12.4. The van der Waals surface area contributed by atoms with Crippen molar-refractivity contribution in [2.24, 2.45) is 11.7 Å². The Bertz CT molecular complexity index is 975. The lowest BCUT2D eigenvalue weighted by Gasteiger charge is -2.28. The van der Waals surface area contributed by atoms with Gasteiger partial charge >= 0.3 is 0 Å². The Balaban J connectivity index is 1.26. The number of carbonyl (C=O) groups is 1. The molecule has 1 amide bonds. The Kier molecular flexibility index (Phi) is 6.78. The number of benzene rings is 1. The van der Waals surface area contributed by atoms with Gasteiger partial charge in [-0.05, 0) is 43.2 Å². The monoisotopic (exact) mass is 417 g/mol. The van der Waals surface area contributed by atoms with Crippen molar-refractivity contribution in [2.75, 3.05) is 11.9 Å². The van der Waals surface area contributed by atoms with Crippen LogP contribution in [0.25, 0.3) is 0 Å². The Hall–Kier alpha value is -3.39. The molecular formula is C23H27N7O. The zero-order valence-electron chi connectivity index (χ0n) is 17.3. The van der Waals surface area contributed by atoms with Crippen LogP contribution in [0.5, 0.6) is 0 Å². The molecule has 4 rings (SSSR count). The van der Waals surface area contributed by atoms with Gasteiger partial charge < -0.3 is 16.4 Å². The quantitative estimate of drug-likeness (QED) is 0.540. The normalized spacial score (nSPS) is 19.4. The summed E-state index contributed by atoms with van der Waals surface area (Å²) < 4.78 is 0. The Morgan fingerprint density at radius 3 is 2.55 bits per heavy atom. The number of amides is 1. The molecule has 1 aliphatic rings. The van der Waals surface area contributed by atoms with E-state index in [0.717, 1.165) is 42.6 Å². The van der Waals surface area contributed by atoms with Gasteiger partial charge in [-0.15, -0.1) is 0 Å². The van der Waals surface area contributed by atoms with Gasteiger partial charge in [0.2, 0.25) is 11.9 Å². The van der Waals surface area contributed by atoms with E-state index in [1.165, 1.54) is 6.33 Å². The van der Waals surface area contributed by atoms with Crippen LogP contribution in [0.15, 0.2) is 61.3 Å². The van der Waals surface area contributed by atoms with Gasteiger partial charge in [0.05, 0.1) is 18.1 Å². The van der Waals surface area contributed by atoms with Gasteiger partial charge in [-0.3, -0.25) is 4.79 Å². The number of hydrogen-bond donors (Lipinski definition) is 3. The Morgan fingerprint density at radius 1 is 1.06 bits per heavy atom. The van der Waals surface area contributed by atoms with Crippen molar-refractivity contribution in [3.63, 3.8) is 0 Å². The minimum absolute atomic E-state index is 0.121. The molecular weight excluding hydrogens is 390 g/mol. The van der Waals surface area contributed by atoms with E-state index in [1.807, 2.05) is 36.4 Å². The molecule has 8 nitrogen and oxygen atoms in total. The average Bonchev–Trinajstić information content (AvgIpc) is 2.84. The van der Waals surface area contributed by atoms with Crippen LogP contribution in [0.2, 0.25) is 0 Å². The van der Waals surface area contributed by atoms with Crippen molar-refractivity contribution in [3.8, 4) is 0 Å². The fourth-order valence-electron chi connectivity index (χ4n) is 3.98. The molecule has 1 atom stereocenters. The van der Waals surface area contributed by atoms with Crippen LogP contribution >= 0.6 is 0 Å². The number of aromatic nitrogens is 4. The van der Waals surface area contributed by atoms with Crippen molar-refractivity contribution in [2.45, 2.75) is 37.6 Å². The molecule has 0 bridgehead atoms. The molecule has 1 fully saturated rings. The molecule has 0 radical (unpaired) electrons. The van der Waals surface area contributed by atoms with E-state index >= 15 is 0 Å². The lowest BCUT2D eigenvalue weighted by Crippen LogP contribution is -2.37. The summed E-state index contributed by atoms with van der Waals surface area (Å²) in [7, 11) is 0. The molecule has 0 aliphatic heterocycles. The zero-order valence-corrected chi connectivity index (χ0v) is 17.3. The smallest absolute Gasteiger partial charge is 0.241 e. The molecule has 0 spiro atoms. The molecule has 4 N–H and O–H groups in total. The molecule has 0 unspecified atom stereocenters. The predicted molar refractivity (Wildman–Crippen MR) is 118 cm³/mol. The van der Waals surface area contributed by atoms with Crippen LogP contribution in [-0.2, 0) is 4.79 Å². The highest BCUT2D eigenvalue weighted by Crippen LogP contribution is 2.35. The Labute approximate surface area is 181 Å². The molecule has 31 heavy (non-hydrogen) atoms. The zero-order chi connectivity index (χ0) is 21.5. The van der Waals surface area contributed by atoms with E-state index in [-0.39, 0.29) is 5.91 Å². The number of nitrogens with one attached hydrogen (secondary N) is 2. The topological polar surface area (TPSA) is 119 Å². The lowest BCUT2D eigenvalue weighted by molar-refractivity contribution is -0.122. The maximum absolute atomic E-state index is 12.4. The highest BCUT2D eigenvalue weighted by molar-refractivity contribution is 5.82. The first-order chi connectivity index (χ1) is 15.2. The second kappa shape index (κ2) is 10.1. The molecule has 1 aliphatic carbocycles. The highest BCUT2D eigenvalue weighted by Gasteiger charge is 2.25. The summed E-state index contributed by atoms with van der Waals surface area (Å²) in [5.74, 6) is 1.29. The van der Waals surface area contributed by atoms with Crippen LogP contribution in [0.3, 0.4) is 0 Å². The van der Waals surface area contributed by atoms with E-state index in [1.54, 1.807) is 18.6 Å². The second-order valence-corrected chi connectivity index (χ2v) is 7.91. The minimum atomic E-state index is -0.625. The summed E-state index contributed by atoms with van der Waals surface area (Å²) >= 11 is 0. The lowest BCUT2D eigenvalue weighted by atomic mass is 9.80. The first-order valence-corrected chi connectivity index (χ1v) is 10.6. The molecule has 1 saturated carbocycles. The van der Waals surface area contributed by atoms with Crippen LogP contribution in [0.1, 0.15) is 48.9 Å². The summed E-state index contributed by atoms with van der Waals surface area (Å²) in [5.41, 5.74) is 8.72. The van der Waals surface area contributed by atoms with Crippen molar-refractivity contribution in [1.82, 2.24) is 25.3 Å². The molecule has 3 aromatic rings. The fourth-order valence-corrected chi connectivity index (χ4v) is 3.98. The van der Waals surface area contributed by atoms with E-state index in [4.69, 9.17) is 5.73 Å². The molecule has 2 aromatic heterocycles. The first-order valence-electron chi connectivity index (χ1n) is 10.6. The van der Waals surface area contributed by atoms with Crippen molar-refractivity contribution < 1.29 is 4.79 Å². The van der Waals surface area contributed by atoms with Crippen LogP contribution < -0.4 is 16.4 Å². The van der Waals surface area contributed by atoms with Gasteiger partial charge in [-0.1, -0.05) is 30.3 Å². The van der Waals surface area contributed by atoms with Crippen molar-refractivity contribution in [1.29, 1.82) is 0 Å². The van der Waals surface area contributed by atoms with Gasteiger partial charge in [-0.2, -0.15) is 0 Å². The second-order valence-electron chi connectivity index (χ2n) is 7.91. The third-order valence-corrected chi connectivity index (χ3v) is 5.76. The van der Waals surface area contributed by atoms with Crippen molar-refractivity contribution in [3.05, 3.63) is 72.6 Å². The summed E-state index contributed by atoms with van der Waals surface area (Å²) in [4.78, 5) is 29.4. The summed E-state index contributed by atoms with van der Waals surface area (Å²) in [6, 6.07) is 10.8. The van der Waals surface area contributed by atoms with Crippen LogP contribution in [0, 0.1) is 5.92 Å². The van der Waals surface area contributed by atoms with Gasteiger partial charge in [0.15, 0.2) is 0 Å². The standard InChI is InChI=1S/C23H27N7O/c24-21(18-4-2-1-3-5-18)22(31)28-12-16-6-8-17(9-7-16)20-10-11-27-23(30-20)29-19-13-25-15-26-14-19/h1-5,10-11,13-17,21H,6-9,12,24H2,(H,28,31)(H,27,29,30)/t16?,17?,21-/m1/s1. The van der Waals surface area contributed by atoms with Gasteiger partial charge in [0.1, 0.15) is 12.4 Å². The minimum Gasteiger partial charge on any atom is -0.354 e. The molecule has 160 valence electrons. The van der Waals surface area contributed by atoms with Gasteiger partial charge in [0, 0.05) is 24.4 Å². The summed E-state index contributed by atoms with van der Waals surface area (Å²) in [6.07, 6.45) is 10.8. The number of nitrogens with zero attached hydrogens (tertiary/aromatic N) is 4. The SMILES string of the molecule is N[C@@H](C(=O)NCC1CCC(c2ccnc(Nc3cncnc3)n2)CC1)c1ccccc1. The number of carbonyl (C=O) groups excluding carboxylic acids is 1. The number of anilines is 2. The van der Waals surface area contributed by atoms with Crippen LogP contribution in [0.4, 0.5) is 11.6 Å². The third kappa shape index (κ3) is 5.61. The number of hydrogen-bond acceptors (Lipinski definition) is 7. The highest BCUT2D eigenvalue weighted by atomic mass is 16.2. The van der Waals surface area contributed by atoms with E-state index in [2.05, 4.69) is 30.6 Å². The molecule has 8 heteroatoms. The maximum Gasteiger partial charge on any atom is 0.241 e. The fraction of sp³-hybridized carbons (Fsp3) is 0.348. The van der Waals surface area contributed by atoms with E-state index in [0.29, 0.717) is 24.3 Å². The van der Waals surface area contributed by atoms with Crippen molar-refractivity contribution >= 4 is 17.5 Å². The van der Waals surface area contributed by atoms with E-state index < -0.39 is 6.04 Å². The molecule has 0 saturated heterocycles. The number of nitrogens with two attached hydrogens (primary N) is 1. The first kappa shape index (κ1) is 20.9. The molecule has 2 heterocycles. The summed E-state index contributed by atoms with van der Waals surface area (Å²) in [5, 5.41) is 6.17. The predicted octanol–water partition coefficient (Wildman–Crippen LogP) is 3.10. The molecule has 1 aromatic carbocycles. The largest absolute Gasteiger partial charge is 0.354 e. The number of rotatable bonds is 7. The Morgan fingerprint density at radius 2 is 1.81 bits per heavy atom. The van der Waals surface area contributed by atoms with Gasteiger partial charge in [0.25, 0.3) is 0 Å². The van der Waals surface area contributed by atoms with E-state index in [9.17, 15) is 4.79 Å². The van der Waals surface area contributed by atoms with Gasteiger partial charge in [-0.25, -0.2) is 19.9 Å². The van der Waals surface area contributed by atoms with Crippen LogP contribution in [-0.4, -0.2) is 32.4 Å². The third-order valence-electron chi connectivity index (χ3n) is 5.76.